The number of rotatable bonds is 4. The van der Waals surface area contributed by atoms with Crippen LogP contribution in [0.2, 0.25) is 0 Å². The fraction of sp³-hybridized carbons (Fsp3) is 0.500. The van der Waals surface area contributed by atoms with Crippen LogP contribution in [0.4, 0.5) is 0 Å². The number of methoxy groups -OCH3 is 1. The lowest BCUT2D eigenvalue weighted by Crippen LogP contribution is -2.62. The number of sulfonamides is 1. The van der Waals surface area contributed by atoms with E-state index in [4.69, 9.17) is 4.74 Å². The first-order chi connectivity index (χ1) is 8.41. The summed E-state index contributed by atoms with van der Waals surface area (Å²) in [6.07, 6.45) is 0.553. The van der Waals surface area contributed by atoms with Crippen molar-refractivity contribution in [1.29, 1.82) is 0 Å². The van der Waals surface area contributed by atoms with Gasteiger partial charge in [0.15, 0.2) is 0 Å². The van der Waals surface area contributed by atoms with Crippen molar-refractivity contribution in [3.05, 3.63) is 24.3 Å². The minimum Gasteiger partial charge on any atom is -0.497 e. The van der Waals surface area contributed by atoms with Gasteiger partial charge in [-0.25, -0.2) is 8.42 Å². The Labute approximate surface area is 107 Å². The predicted molar refractivity (Wildman–Crippen MR) is 67.0 cm³/mol. The molecule has 0 amide bonds. The first-order valence-corrected chi connectivity index (χ1v) is 7.22. The van der Waals surface area contributed by atoms with E-state index in [2.05, 4.69) is 0 Å². The largest absolute Gasteiger partial charge is 0.497 e. The Morgan fingerprint density at radius 1 is 1.44 bits per heavy atom. The zero-order valence-corrected chi connectivity index (χ0v) is 11.3. The third kappa shape index (κ3) is 2.23. The molecule has 1 saturated heterocycles. The summed E-state index contributed by atoms with van der Waals surface area (Å²) in [4.78, 5) is 0.194. The normalized spacial score (nSPS) is 19.3. The molecule has 5 nitrogen and oxygen atoms in total. The van der Waals surface area contributed by atoms with Crippen LogP contribution in [0.15, 0.2) is 29.2 Å². The molecule has 100 valence electrons. The quantitative estimate of drug-likeness (QED) is 0.881. The molecule has 1 N–H and O–H groups in total. The molecule has 0 radical (unpaired) electrons. The highest BCUT2D eigenvalue weighted by Gasteiger charge is 2.45. The molecule has 0 saturated carbocycles. The second-order valence-electron chi connectivity index (χ2n) is 4.53. The van der Waals surface area contributed by atoms with Crippen LogP contribution in [-0.4, -0.2) is 43.6 Å². The van der Waals surface area contributed by atoms with Crippen molar-refractivity contribution in [2.75, 3.05) is 20.2 Å². The molecule has 1 aromatic rings. The van der Waals surface area contributed by atoms with Crippen LogP contribution < -0.4 is 4.74 Å². The molecule has 1 fully saturated rings. The maximum Gasteiger partial charge on any atom is 0.243 e. The van der Waals surface area contributed by atoms with Crippen LogP contribution in [0, 0.1) is 0 Å². The van der Waals surface area contributed by atoms with Gasteiger partial charge in [-0.3, -0.25) is 0 Å². The molecule has 0 aromatic heterocycles. The van der Waals surface area contributed by atoms with E-state index in [0.717, 1.165) is 0 Å². The molecule has 1 aliphatic rings. The van der Waals surface area contributed by atoms with Gasteiger partial charge in [0.1, 0.15) is 5.75 Å². The molecule has 6 heteroatoms. The summed E-state index contributed by atoms with van der Waals surface area (Å²) in [5, 5.41) is 9.87. The van der Waals surface area contributed by atoms with E-state index in [-0.39, 0.29) is 18.0 Å². The summed E-state index contributed by atoms with van der Waals surface area (Å²) in [6, 6.07) is 6.34. The standard InChI is InChI=1S/C12H17NO4S/c1-3-12(14)8-13(9-12)18(15,16)11-6-4-5-10(7-11)17-2/h4-7,14H,3,8-9H2,1-2H3. The van der Waals surface area contributed by atoms with Crippen molar-refractivity contribution in [3.63, 3.8) is 0 Å². The third-order valence-electron chi connectivity index (χ3n) is 3.28. The molecule has 0 unspecified atom stereocenters. The van der Waals surface area contributed by atoms with Crippen molar-refractivity contribution < 1.29 is 18.3 Å². The average Bonchev–Trinajstić information content (AvgIpc) is 2.35. The highest BCUT2D eigenvalue weighted by molar-refractivity contribution is 7.89. The SMILES string of the molecule is CCC1(O)CN(S(=O)(=O)c2cccc(OC)c2)C1. The van der Waals surface area contributed by atoms with Crippen LogP contribution in [0.5, 0.6) is 5.75 Å². The first-order valence-electron chi connectivity index (χ1n) is 5.78. The molecule has 18 heavy (non-hydrogen) atoms. The number of benzene rings is 1. The Hall–Kier alpha value is -1.11. The Balaban J connectivity index is 2.22. The van der Waals surface area contributed by atoms with Crippen LogP contribution in [0.3, 0.4) is 0 Å². The summed E-state index contributed by atoms with van der Waals surface area (Å²) in [5.74, 6) is 0.502. The number of β-amino-alcohol motifs (C(OH)–C–C–N with tert-alkyl or cyclic N) is 1. The molecule has 0 bridgehead atoms. The molecule has 1 aromatic carbocycles. The molecule has 0 spiro atoms. The van der Waals surface area contributed by atoms with E-state index in [1.165, 1.54) is 23.5 Å². The van der Waals surface area contributed by atoms with Crippen molar-refractivity contribution in [3.8, 4) is 5.75 Å². The van der Waals surface area contributed by atoms with Gasteiger partial charge in [-0.2, -0.15) is 4.31 Å². The number of aliphatic hydroxyl groups is 1. The Kier molecular flexibility index (Phi) is 3.35. The molecular weight excluding hydrogens is 254 g/mol. The first kappa shape index (κ1) is 13.3. The molecule has 1 heterocycles. The highest BCUT2D eigenvalue weighted by atomic mass is 32.2. The van der Waals surface area contributed by atoms with Gasteiger partial charge in [-0.05, 0) is 18.6 Å². The van der Waals surface area contributed by atoms with E-state index in [9.17, 15) is 13.5 Å². The monoisotopic (exact) mass is 271 g/mol. The van der Waals surface area contributed by atoms with Gasteiger partial charge in [0.2, 0.25) is 10.0 Å². The number of nitrogens with zero attached hydrogens (tertiary/aromatic N) is 1. The van der Waals surface area contributed by atoms with Gasteiger partial charge in [-0.15, -0.1) is 0 Å². The lowest BCUT2D eigenvalue weighted by atomic mass is 9.94. The maximum absolute atomic E-state index is 12.2. The molecule has 0 aliphatic carbocycles. The van der Waals surface area contributed by atoms with E-state index < -0.39 is 15.6 Å². The second-order valence-corrected chi connectivity index (χ2v) is 6.47. The van der Waals surface area contributed by atoms with Crippen molar-refractivity contribution in [2.24, 2.45) is 0 Å². The van der Waals surface area contributed by atoms with Crippen molar-refractivity contribution in [2.45, 2.75) is 23.8 Å². The van der Waals surface area contributed by atoms with Gasteiger partial charge < -0.3 is 9.84 Å². The predicted octanol–water partition coefficient (Wildman–Crippen LogP) is 0.841. The fourth-order valence-electron chi connectivity index (χ4n) is 1.91. The van der Waals surface area contributed by atoms with E-state index in [1.807, 2.05) is 6.92 Å². The maximum atomic E-state index is 12.2. The molecule has 1 aliphatic heterocycles. The number of hydrogen-bond acceptors (Lipinski definition) is 4. The zero-order valence-electron chi connectivity index (χ0n) is 10.5. The van der Waals surface area contributed by atoms with Crippen molar-refractivity contribution in [1.82, 2.24) is 4.31 Å². The highest BCUT2D eigenvalue weighted by Crippen LogP contribution is 2.31. The molecule has 0 atom stereocenters. The van der Waals surface area contributed by atoms with Gasteiger partial charge >= 0.3 is 0 Å². The van der Waals surface area contributed by atoms with Crippen LogP contribution >= 0.6 is 0 Å². The van der Waals surface area contributed by atoms with Gasteiger partial charge in [-0.1, -0.05) is 13.0 Å². The summed E-state index contributed by atoms with van der Waals surface area (Å²) in [7, 11) is -2.03. The molecular formula is C12H17NO4S. The summed E-state index contributed by atoms with van der Waals surface area (Å²) >= 11 is 0. The smallest absolute Gasteiger partial charge is 0.243 e. The minimum absolute atomic E-state index is 0.156. The topological polar surface area (TPSA) is 66.8 Å². The van der Waals surface area contributed by atoms with E-state index in [1.54, 1.807) is 12.1 Å². The van der Waals surface area contributed by atoms with Gasteiger partial charge in [0.25, 0.3) is 0 Å². The molecule has 2 rings (SSSR count). The summed E-state index contributed by atoms with van der Waals surface area (Å²) in [6.45, 7) is 2.15. The lowest BCUT2D eigenvalue weighted by Gasteiger charge is -2.44. The lowest BCUT2D eigenvalue weighted by molar-refractivity contribution is -0.0613. The minimum atomic E-state index is -3.52. The van der Waals surface area contributed by atoms with Gasteiger partial charge in [0, 0.05) is 19.2 Å². The van der Waals surface area contributed by atoms with Gasteiger partial charge in [0.05, 0.1) is 17.6 Å². The number of hydrogen-bond donors (Lipinski definition) is 1. The number of ether oxygens (including phenoxy) is 1. The van der Waals surface area contributed by atoms with E-state index >= 15 is 0 Å². The second kappa shape index (κ2) is 4.53. The van der Waals surface area contributed by atoms with E-state index in [0.29, 0.717) is 12.2 Å². The summed E-state index contributed by atoms with van der Waals surface area (Å²) < 4.78 is 30.8. The zero-order chi connectivity index (χ0) is 13.4. The van der Waals surface area contributed by atoms with Crippen LogP contribution in [0.1, 0.15) is 13.3 Å². The Morgan fingerprint density at radius 2 is 2.11 bits per heavy atom. The van der Waals surface area contributed by atoms with Crippen molar-refractivity contribution >= 4 is 10.0 Å². The Bertz CT molecular complexity index is 535. The Morgan fingerprint density at radius 3 is 2.67 bits per heavy atom. The fourth-order valence-corrected chi connectivity index (χ4v) is 3.55. The summed E-state index contributed by atoms with van der Waals surface area (Å²) in [5.41, 5.74) is -0.869. The third-order valence-corrected chi connectivity index (χ3v) is 5.07. The van der Waals surface area contributed by atoms with Crippen LogP contribution in [0.25, 0.3) is 0 Å². The van der Waals surface area contributed by atoms with Crippen LogP contribution in [-0.2, 0) is 10.0 Å². The average molecular weight is 271 g/mol.